The molecule has 11 nitrogen and oxygen atoms in total. The Kier molecular flexibility index (Phi) is 9.19. The highest BCUT2D eigenvalue weighted by molar-refractivity contribution is 9.10. The van der Waals surface area contributed by atoms with Crippen LogP contribution in [-0.4, -0.2) is 67.9 Å². The lowest BCUT2D eigenvalue weighted by atomic mass is 10.1. The summed E-state index contributed by atoms with van der Waals surface area (Å²) >= 11 is 3.32. The van der Waals surface area contributed by atoms with Gasteiger partial charge in [-0.05, 0) is 64.8 Å². The first-order valence-electron chi connectivity index (χ1n) is 11.1. The summed E-state index contributed by atoms with van der Waals surface area (Å²) in [6.45, 7) is 1.89. The number of aliphatic hydroxyl groups excluding tert-OH is 1. The second-order valence-electron chi connectivity index (χ2n) is 8.23. The summed E-state index contributed by atoms with van der Waals surface area (Å²) in [5.74, 6) is -1.10. The van der Waals surface area contributed by atoms with Crippen molar-refractivity contribution in [2.75, 3.05) is 31.6 Å². The molecule has 36 heavy (non-hydrogen) atoms. The molecule has 2 amide bonds. The second kappa shape index (κ2) is 11.9. The van der Waals surface area contributed by atoms with Crippen LogP contribution in [0.3, 0.4) is 0 Å². The van der Waals surface area contributed by atoms with E-state index in [1.165, 1.54) is 10.4 Å². The lowest BCUT2D eigenvalue weighted by Gasteiger charge is -2.31. The quantitative estimate of drug-likeness (QED) is 0.168. The van der Waals surface area contributed by atoms with Gasteiger partial charge in [0.1, 0.15) is 12.3 Å². The molecule has 1 fully saturated rings. The fourth-order valence-electron chi connectivity index (χ4n) is 3.62. The van der Waals surface area contributed by atoms with Crippen molar-refractivity contribution in [1.82, 2.24) is 9.62 Å². The van der Waals surface area contributed by atoms with Gasteiger partial charge in [-0.2, -0.15) is 4.31 Å². The number of nitrogens with two attached hydrogens (primary N) is 1. The number of hydrogen-bond acceptors (Lipinski definition) is 7. The fourth-order valence-corrected chi connectivity index (χ4v) is 6.13. The Balaban J connectivity index is 1.59. The molecule has 0 aromatic heterocycles. The number of ether oxygens (including phenoxy) is 1. The summed E-state index contributed by atoms with van der Waals surface area (Å²) in [7, 11) is -3.82. The maximum Gasteiger partial charge on any atom is 0.244 e. The zero-order valence-electron chi connectivity index (χ0n) is 19.5. The maximum absolute atomic E-state index is 13.1. The summed E-state index contributed by atoms with van der Waals surface area (Å²) < 4.78 is 33.1. The fraction of sp³-hybridized carbons (Fsp3) is 0.348. The highest BCUT2D eigenvalue weighted by Crippen LogP contribution is 2.29. The number of morpholine rings is 1. The average molecular weight is 582 g/mol. The van der Waals surface area contributed by atoms with E-state index < -0.39 is 40.4 Å². The number of halogens is 1. The molecule has 1 aliphatic rings. The molecule has 194 valence electrons. The standard InChI is InChI=1S/C23H28BrN5O6S/c1-14(27-21(31)11-22(32)28-17-5-2-15(3-6-17)23(25)26)16-4-7-20(19(24)10-16)36(33,34)29-8-9-35-18(12-29)13-30/h2-7,10,14,18,30H,8-9,11-13H2,1H3,(H3,25,26)(H,27,31)(H,28,32). The molecule has 0 spiro atoms. The molecule has 1 saturated heterocycles. The molecule has 0 bridgehead atoms. The van der Waals surface area contributed by atoms with Crippen molar-refractivity contribution < 1.29 is 27.9 Å². The van der Waals surface area contributed by atoms with Crippen LogP contribution in [0.15, 0.2) is 51.8 Å². The van der Waals surface area contributed by atoms with E-state index in [0.717, 1.165) is 0 Å². The predicted octanol–water partition coefficient (Wildman–Crippen LogP) is 1.32. The molecule has 2 aromatic carbocycles. The average Bonchev–Trinajstić information content (AvgIpc) is 2.83. The molecule has 2 unspecified atom stereocenters. The van der Waals surface area contributed by atoms with Crippen molar-refractivity contribution in [3.05, 3.63) is 58.1 Å². The number of nitrogens with one attached hydrogen (secondary N) is 3. The van der Waals surface area contributed by atoms with Gasteiger partial charge in [0.2, 0.25) is 21.8 Å². The molecule has 0 radical (unpaired) electrons. The molecule has 1 heterocycles. The molecular formula is C23H28BrN5O6S. The van der Waals surface area contributed by atoms with Crippen molar-refractivity contribution in [3.63, 3.8) is 0 Å². The first-order chi connectivity index (χ1) is 17.0. The minimum absolute atomic E-state index is 0.0580. The maximum atomic E-state index is 13.1. The van der Waals surface area contributed by atoms with Crippen LogP contribution in [0.4, 0.5) is 5.69 Å². The number of sulfonamides is 1. The smallest absolute Gasteiger partial charge is 0.244 e. The van der Waals surface area contributed by atoms with Crippen LogP contribution in [0.25, 0.3) is 0 Å². The Labute approximate surface area is 217 Å². The summed E-state index contributed by atoms with van der Waals surface area (Å²) in [5, 5.41) is 22.0. The van der Waals surface area contributed by atoms with E-state index in [9.17, 15) is 23.1 Å². The molecule has 3 rings (SSSR count). The Bertz CT molecular complexity index is 1240. The topological polar surface area (TPSA) is 175 Å². The number of anilines is 1. The lowest BCUT2D eigenvalue weighted by molar-refractivity contribution is -0.127. The highest BCUT2D eigenvalue weighted by Gasteiger charge is 2.32. The molecule has 0 aliphatic carbocycles. The van der Waals surface area contributed by atoms with Crippen molar-refractivity contribution >= 4 is 49.3 Å². The normalized spacial score (nSPS) is 17.2. The molecule has 1 aliphatic heterocycles. The molecule has 2 atom stereocenters. The number of amides is 2. The summed E-state index contributed by atoms with van der Waals surface area (Å²) in [5.41, 5.74) is 7.03. The van der Waals surface area contributed by atoms with Crippen LogP contribution in [0.1, 0.15) is 30.5 Å². The van der Waals surface area contributed by atoms with E-state index in [4.69, 9.17) is 15.9 Å². The van der Waals surface area contributed by atoms with Gasteiger partial charge in [-0.25, -0.2) is 8.42 Å². The monoisotopic (exact) mass is 581 g/mol. The number of carbonyl (C=O) groups excluding carboxylic acids is 2. The number of benzene rings is 2. The Morgan fingerprint density at radius 1 is 1.25 bits per heavy atom. The SMILES string of the molecule is CC(NC(=O)CC(=O)Nc1ccc(C(=N)N)cc1)c1ccc(S(=O)(=O)N2CCOC(CO)C2)c(Br)c1. The largest absolute Gasteiger partial charge is 0.394 e. The highest BCUT2D eigenvalue weighted by atomic mass is 79.9. The number of amidine groups is 1. The van der Waals surface area contributed by atoms with E-state index in [-0.39, 0.29) is 37.0 Å². The van der Waals surface area contributed by atoms with Gasteiger partial charge in [0.05, 0.1) is 30.3 Å². The van der Waals surface area contributed by atoms with Gasteiger partial charge >= 0.3 is 0 Å². The summed E-state index contributed by atoms with van der Waals surface area (Å²) in [6.07, 6.45) is -0.978. The number of rotatable bonds is 9. The third kappa shape index (κ3) is 6.89. The van der Waals surface area contributed by atoms with E-state index >= 15 is 0 Å². The van der Waals surface area contributed by atoms with Gasteiger partial charge in [-0.3, -0.25) is 15.0 Å². The summed E-state index contributed by atoms with van der Waals surface area (Å²) in [6, 6.07) is 10.5. The van der Waals surface area contributed by atoms with Crippen molar-refractivity contribution in [2.45, 2.75) is 30.4 Å². The van der Waals surface area contributed by atoms with Gasteiger partial charge in [0.15, 0.2) is 0 Å². The van der Waals surface area contributed by atoms with E-state index in [2.05, 4.69) is 26.6 Å². The van der Waals surface area contributed by atoms with Crippen molar-refractivity contribution in [1.29, 1.82) is 5.41 Å². The van der Waals surface area contributed by atoms with Crippen LogP contribution in [0.5, 0.6) is 0 Å². The number of carbonyl (C=O) groups is 2. The van der Waals surface area contributed by atoms with Crippen molar-refractivity contribution in [3.8, 4) is 0 Å². The molecule has 2 aromatic rings. The first kappa shape index (κ1) is 27.7. The molecule has 0 saturated carbocycles. The Hall–Kier alpha value is -2.84. The van der Waals surface area contributed by atoms with E-state index in [0.29, 0.717) is 21.3 Å². The zero-order chi connectivity index (χ0) is 26.5. The van der Waals surface area contributed by atoms with Crippen LogP contribution in [0.2, 0.25) is 0 Å². The van der Waals surface area contributed by atoms with Gasteiger partial charge in [-0.1, -0.05) is 6.07 Å². The van der Waals surface area contributed by atoms with Gasteiger partial charge in [-0.15, -0.1) is 0 Å². The van der Waals surface area contributed by atoms with Crippen LogP contribution >= 0.6 is 15.9 Å². The van der Waals surface area contributed by atoms with Crippen molar-refractivity contribution in [2.24, 2.45) is 5.73 Å². The Morgan fingerprint density at radius 3 is 2.56 bits per heavy atom. The molecule has 13 heteroatoms. The minimum atomic E-state index is -3.82. The third-order valence-electron chi connectivity index (χ3n) is 5.56. The van der Waals surface area contributed by atoms with Crippen LogP contribution in [0, 0.1) is 5.41 Å². The minimum Gasteiger partial charge on any atom is -0.394 e. The number of nitrogen functional groups attached to an aromatic ring is 1. The zero-order valence-corrected chi connectivity index (χ0v) is 21.9. The predicted molar refractivity (Wildman–Crippen MR) is 137 cm³/mol. The van der Waals surface area contributed by atoms with Gasteiger partial charge < -0.3 is 26.2 Å². The second-order valence-corrected chi connectivity index (χ2v) is 11.0. The number of aliphatic hydroxyl groups is 1. The molecule has 6 N–H and O–H groups in total. The third-order valence-corrected chi connectivity index (χ3v) is 8.40. The molecular weight excluding hydrogens is 554 g/mol. The van der Waals surface area contributed by atoms with Crippen LogP contribution in [-0.2, 0) is 24.3 Å². The van der Waals surface area contributed by atoms with E-state index in [1.54, 1.807) is 43.3 Å². The van der Waals surface area contributed by atoms with Gasteiger partial charge in [0.25, 0.3) is 0 Å². The summed E-state index contributed by atoms with van der Waals surface area (Å²) in [4.78, 5) is 24.7. The lowest BCUT2D eigenvalue weighted by Crippen LogP contribution is -2.46. The number of hydrogen-bond donors (Lipinski definition) is 5. The Morgan fingerprint density at radius 2 is 1.94 bits per heavy atom. The number of nitrogens with zero attached hydrogens (tertiary/aromatic N) is 1. The first-order valence-corrected chi connectivity index (χ1v) is 13.3. The van der Waals surface area contributed by atoms with Gasteiger partial charge in [0, 0.05) is 28.8 Å². The van der Waals surface area contributed by atoms with E-state index in [1.807, 2.05) is 0 Å². The van der Waals surface area contributed by atoms with Crippen LogP contribution < -0.4 is 16.4 Å².